The van der Waals surface area contributed by atoms with Crippen LogP contribution in [-0.4, -0.2) is 0 Å². The number of hydrogen-bond acceptors (Lipinski definition) is 1. The predicted octanol–water partition coefficient (Wildman–Crippen LogP) is 17.9. The molecule has 9 aromatic rings. The van der Waals surface area contributed by atoms with Crippen LogP contribution in [0, 0.1) is 11.8 Å². The van der Waals surface area contributed by atoms with Gasteiger partial charge in [0.05, 0.1) is 5.69 Å². The summed E-state index contributed by atoms with van der Waals surface area (Å²) in [6.07, 6.45) is 5.97. The van der Waals surface area contributed by atoms with Crippen LogP contribution in [0.1, 0.15) is 38.2 Å². The zero-order valence-corrected chi connectivity index (χ0v) is 37.4. The Morgan fingerprint density at radius 3 is 1.67 bits per heavy atom. The molecule has 1 heterocycles. The monoisotopic (exact) mass is 843 g/mol. The Balaban J connectivity index is 1.07. The summed E-state index contributed by atoms with van der Waals surface area (Å²) in [5.41, 5.74) is 13.8. The minimum absolute atomic E-state index is 0.723. The van der Waals surface area contributed by atoms with Crippen molar-refractivity contribution in [1.29, 1.82) is 0 Å². The zero-order valence-electron chi connectivity index (χ0n) is 36.5. The normalized spacial score (nSPS) is 16.8. The molecule has 64 heavy (non-hydrogen) atoms. The fraction of sp³-hybridized carbons (Fsp3) is 0.129. The molecule has 312 valence electrons. The number of nitrogens with zero attached hydrogens (tertiary/aromatic N) is 1. The molecule has 0 bridgehead atoms. The Hall–Kier alpha value is -6.87. The SMILES string of the molecule is C=C1CC(C)CC(CCc2ccc(N(c3ccc(-c4cccc5cccc(-c6ccccc6)c45)cc3)c3cccc4c3-c3ccccc3S4(c3ccccc3)c3ccccc3)cc2)C1. The minimum atomic E-state index is -1.81. The fourth-order valence-corrected chi connectivity index (χ4v) is 15.2. The van der Waals surface area contributed by atoms with Crippen molar-refractivity contribution >= 4 is 37.9 Å². The number of hydrogen-bond donors (Lipinski definition) is 0. The molecule has 1 aliphatic heterocycles. The summed E-state index contributed by atoms with van der Waals surface area (Å²) in [5, 5.41) is 2.52. The summed E-state index contributed by atoms with van der Waals surface area (Å²) in [4.78, 5) is 8.00. The number of fused-ring (bicyclic) bond motifs is 4. The molecule has 0 N–H and O–H groups in total. The summed E-state index contributed by atoms with van der Waals surface area (Å²) in [6.45, 7) is 6.78. The molecule has 11 rings (SSSR count). The van der Waals surface area contributed by atoms with Crippen LogP contribution in [0.3, 0.4) is 0 Å². The first kappa shape index (κ1) is 39.9. The second kappa shape index (κ2) is 17.0. The lowest BCUT2D eigenvalue weighted by atomic mass is 9.77. The summed E-state index contributed by atoms with van der Waals surface area (Å²) < 4.78 is 0. The van der Waals surface area contributed by atoms with Crippen LogP contribution in [0.4, 0.5) is 17.1 Å². The Morgan fingerprint density at radius 2 is 1.03 bits per heavy atom. The van der Waals surface area contributed by atoms with Gasteiger partial charge in [0.1, 0.15) is 0 Å². The summed E-state index contributed by atoms with van der Waals surface area (Å²) >= 11 is 0. The molecule has 1 fully saturated rings. The molecule has 1 nitrogen and oxygen atoms in total. The van der Waals surface area contributed by atoms with E-state index in [2.05, 4.69) is 237 Å². The van der Waals surface area contributed by atoms with Crippen molar-refractivity contribution in [3.05, 3.63) is 236 Å². The highest BCUT2D eigenvalue weighted by molar-refractivity contribution is 8.34. The predicted molar refractivity (Wildman–Crippen MR) is 272 cm³/mol. The quantitative estimate of drug-likeness (QED) is 0.124. The van der Waals surface area contributed by atoms with Crippen LogP contribution < -0.4 is 4.90 Å². The molecule has 9 aromatic carbocycles. The van der Waals surface area contributed by atoms with Crippen LogP contribution >= 0.6 is 10.0 Å². The van der Waals surface area contributed by atoms with Gasteiger partial charge in [0.2, 0.25) is 0 Å². The topological polar surface area (TPSA) is 3.24 Å². The number of benzene rings is 9. The van der Waals surface area contributed by atoms with Crippen molar-refractivity contribution in [1.82, 2.24) is 0 Å². The smallest absolute Gasteiger partial charge is 0.0551 e. The van der Waals surface area contributed by atoms with E-state index < -0.39 is 10.0 Å². The second-order valence-corrected chi connectivity index (χ2v) is 21.0. The van der Waals surface area contributed by atoms with E-state index in [9.17, 15) is 0 Å². The average molecular weight is 844 g/mol. The van der Waals surface area contributed by atoms with Crippen molar-refractivity contribution in [2.24, 2.45) is 11.8 Å². The van der Waals surface area contributed by atoms with E-state index >= 15 is 0 Å². The lowest BCUT2D eigenvalue weighted by Crippen LogP contribution is -2.15. The molecule has 2 heteroatoms. The largest absolute Gasteiger partial charge is 0.310 e. The van der Waals surface area contributed by atoms with Crippen LogP contribution in [0.25, 0.3) is 44.2 Å². The van der Waals surface area contributed by atoms with Gasteiger partial charge in [0.25, 0.3) is 0 Å². The summed E-state index contributed by atoms with van der Waals surface area (Å²) in [5.74, 6) is 1.46. The van der Waals surface area contributed by atoms with Gasteiger partial charge >= 0.3 is 0 Å². The molecule has 0 amide bonds. The van der Waals surface area contributed by atoms with Crippen molar-refractivity contribution in [3.63, 3.8) is 0 Å². The first-order chi connectivity index (χ1) is 31.6. The number of aryl methyl sites for hydroxylation is 1. The Bertz CT molecular complexity index is 3050. The zero-order chi connectivity index (χ0) is 43.0. The highest BCUT2D eigenvalue weighted by atomic mass is 32.3. The van der Waals surface area contributed by atoms with Gasteiger partial charge in [-0.3, -0.25) is 0 Å². The van der Waals surface area contributed by atoms with E-state index in [1.807, 2.05) is 0 Å². The molecular weight excluding hydrogens is 791 g/mol. The van der Waals surface area contributed by atoms with Crippen LogP contribution in [-0.2, 0) is 6.42 Å². The third-order valence-electron chi connectivity index (χ3n) is 13.7. The van der Waals surface area contributed by atoms with Gasteiger partial charge in [0, 0.05) is 36.5 Å². The first-order valence-corrected chi connectivity index (χ1v) is 24.6. The first-order valence-electron chi connectivity index (χ1n) is 23.0. The third-order valence-corrected chi connectivity index (χ3v) is 17.6. The molecule has 1 saturated carbocycles. The maximum Gasteiger partial charge on any atom is 0.0551 e. The molecule has 0 spiro atoms. The van der Waals surface area contributed by atoms with Crippen LogP contribution in [0.5, 0.6) is 0 Å². The van der Waals surface area contributed by atoms with Gasteiger partial charge in [-0.05, 0) is 155 Å². The van der Waals surface area contributed by atoms with E-state index in [1.54, 1.807) is 0 Å². The van der Waals surface area contributed by atoms with E-state index in [-0.39, 0.29) is 0 Å². The number of allylic oxidation sites excluding steroid dienone is 1. The highest BCUT2D eigenvalue weighted by Crippen LogP contribution is 2.80. The van der Waals surface area contributed by atoms with Crippen molar-refractivity contribution in [3.8, 4) is 33.4 Å². The molecule has 2 unspecified atom stereocenters. The number of anilines is 3. The fourth-order valence-electron chi connectivity index (χ4n) is 11.0. The average Bonchev–Trinajstić information content (AvgIpc) is 3.66. The molecule has 1 aliphatic carbocycles. The third kappa shape index (κ3) is 7.07. The lowest BCUT2D eigenvalue weighted by Gasteiger charge is -2.39. The van der Waals surface area contributed by atoms with Gasteiger partial charge in [0.15, 0.2) is 0 Å². The second-order valence-electron chi connectivity index (χ2n) is 17.9. The van der Waals surface area contributed by atoms with Gasteiger partial charge in [-0.15, -0.1) is 10.0 Å². The molecule has 2 atom stereocenters. The minimum Gasteiger partial charge on any atom is -0.310 e. The van der Waals surface area contributed by atoms with E-state index in [0.29, 0.717) is 0 Å². The Morgan fingerprint density at radius 1 is 0.500 bits per heavy atom. The van der Waals surface area contributed by atoms with Crippen molar-refractivity contribution < 1.29 is 0 Å². The van der Waals surface area contributed by atoms with Crippen LogP contribution in [0.15, 0.2) is 250 Å². The maximum atomic E-state index is 4.39. The highest BCUT2D eigenvalue weighted by Gasteiger charge is 2.43. The van der Waals surface area contributed by atoms with E-state index in [4.69, 9.17) is 0 Å². The lowest BCUT2D eigenvalue weighted by molar-refractivity contribution is 0.321. The Kier molecular flexibility index (Phi) is 10.6. The van der Waals surface area contributed by atoms with Gasteiger partial charge < -0.3 is 4.90 Å². The standard InChI is InChI=1S/C62H53NS/c1-44-41-45(2)43-47(42-44)32-31-46-33-37-51(38-34-46)63(52-39-35-49(36-40-52)56-27-15-20-50-19-14-26-55(61(50)56)48-17-6-3-7-18-48)58-28-16-30-60-62(58)57-25-12-13-29-59(57)64(60,53-21-8-4-9-22-53)54-23-10-5-11-24-54/h3-30,33-40,45,47H,1,31-32,41-43H2,2H3. The Labute approximate surface area is 380 Å². The van der Waals surface area contributed by atoms with E-state index in [0.717, 1.165) is 29.6 Å². The van der Waals surface area contributed by atoms with Crippen LogP contribution in [0.2, 0.25) is 0 Å². The van der Waals surface area contributed by atoms with Crippen molar-refractivity contribution in [2.75, 3.05) is 4.90 Å². The van der Waals surface area contributed by atoms with Gasteiger partial charge in [-0.25, -0.2) is 0 Å². The molecule has 0 aromatic heterocycles. The summed E-state index contributed by atoms with van der Waals surface area (Å²) in [6, 6.07) is 81.7. The molecular formula is C62H53NS. The maximum absolute atomic E-state index is 4.39. The van der Waals surface area contributed by atoms with Gasteiger partial charge in [-0.1, -0.05) is 171 Å². The summed E-state index contributed by atoms with van der Waals surface area (Å²) in [7, 11) is -1.81. The number of rotatable bonds is 10. The van der Waals surface area contributed by atoms with Crippen molar-refractivity contribution in [2.45, 2.75) is 58.6 Å². The molecule has 2 aliphatic rings. The molecule has 0 saturated heterocycles. The van der Waals surface area contributed by atoms with Gasteiger partial charge in [-0.2, -0.15) is 0 Å². The molecule has 0 radical (unpaired) electrons. The van der Waals surface area contributed by atoms with E-state index in [1.165, 1.54) is 106 Å².